The van der Waals surface area contributed by atoms with E-state index in [0.717, 1.165) is 16.5 Å². The third kappa shape index (κ3) is 2.71. The van der Waals surface area contributed by atoms with Crippen molar-refractivity contribution >= 4 is 16.9 Å². The first kappa shape index (κ1) is 12.6. The molecule has 0 aliphatic rings. The highest BCUT2D eigenvalue weighted by Gasteiger charge is 2.15. The van der Waals surface area contributed by atoms with Gasteiger partial charge in [0.15, 0.2) is 0 Å². The highest BCUT2D eigenvalue weighted by molar-refractivity contribution is 5.80. The summed E-state index contributed by atoms with van der Waals surface area (Å²) in [6, 6.07) is 7.86. The molecular formula is C14H17NO3. The van der Waals surface area contributed by atoms with Crippen molar-refractivity contribution in [3.05, 3.63) is 36.1 Å². The monoisotopic (exact) mass is 247 g/mol. The van der Waals surface area contributed by atoms with Gasteiger partial charge in [0.05, 0.1) is 12.7 Å². The molecule has 0 aliphatic heterocycles. The van der Waals surface area contributed by atoms with Crippen LogP contribution in [0.4, 0.5) is 0 Å². The number of carboxylic acid groups (broad SMARTS) is 1. The van der Waals surface area contributed by atoms with Crippen LogP contribution in [0.25, 0.3) is 11.0 Å². The van der Waals surface area contributed by atoms with Crippen molar-refractivity contribution in [3.63, 3.8) is 0 Å². The molecule has 1 unspecified atom stereocenters. The molecule has 0 amide bonds. The van der Waals surface area contributed by atoms with Gasteiger partial charge < -0.3 is 9.52 Å². The summed E-state index contributed by atoms with van der Waals surface area (Å²) < 4.78 is 5.47. The van der Waals surface area contributed by atoms with Crippen LogP contribution in [0.2, 0.25) is 0 Å². The third-order valence-electron chi connectivity index (χ3n) is 3.20. The predicted octanol–water partition coefficient (Wildman–Crippen LogP) is 2.73. The normalized spacial score (nSPS) is 13.1. The molecule has 1 atom stereocenters. The summed E-state index contributed by atoms with van der Waals surface area (Å²) in [4.78, 5) is 12.7. The van der Waals surface area contributed by atoms with Gasteiger partial charge in [0.2, 0.25) is 0 Å². The molecule has 0 radical (unpaired) electrons. The number of hydrogen-bond acceptors (Lipinski definition) is 3. The van der Waals surface area contributed by atoms with Crippen molar-refractivity contribution in [2.75, 3.05) is 7.05 Å². The number of carbonyl (C=O) groups is 1. The Morgan fingerprint density at radius 2 is 2.17 bits per heavy atom. The van der Waals surface area contributed by atoms with Crippen LogP contribution in [0.1, 0.15) is 18.9 Å². The standard InChI is InChI=1S/C14H17NO3/c1-10(7-14(16)17)15(2)8-11-9-18-13-6-4-3-5-12(11)13/h3-6,9-10H,7-8H2,1-2H3,(H,16,17). The summed E-state index contributed by atoms with van der Waals surface area (Å²) in [5.74, 6) is -0.772. The van der Waals surface area contributed by atoms with Crippen molar-refractivity contribution in [1.29, 1.82) is 0 Å². The molecule has 2 rings (SSSR count). The second-order valence-corrected chi connectivity index (χ2v) is 4.62. The molecule has 0 aliphatic carbocycles. The van der Waals surface area contributed by atoms with Gasteiger partial charge in [-0.15, -0.1) is 0 Å². The Bertz CT molecular complexity index is 547. The SMILES string of the molecule is CC(CC(=O)O)N(C)Cc1coc2ccccc12. The van der Waals surface area contributed by atoms with Crippen LogP contribution < -0.4 is 0 Å². The molecule has 2 aromatic rings. The van der Waals surface area contributed by atoms with Crippen molar-refractivity contribution in [1.82, 2.24) is 4.90 Å². The first-order chi connectivity index (χ1) is 8.58. The highest BCUT2D eigenvalue weighted by atomic mass is 16.4. The number of para-hydroxylation sites is 1. The quantitative estimate of drug-likeness (QED) is 0.882. The second kappa shape index (κ2) is 5.23. The Balaban J connectivity index is 2.11. The van der Waals surface area contributed by atoms with Crippen molar-refractivity contribution < 1.29 is 14.3 Å². The van der Waals surface area contributed by atoms with Crippen LogP contribution in [0, 0.1) is 0 Å². The summed E-state index contributed by atoms with van der Waals surface area (Å²) in [5.41, 5.74) is 1.96. The van der Waals surface area contributed by atoms with E-state index in [9.17, 15) is 4.79 Å². The lowest BCUT2D eigenvalue weighted by Gasteiger charge is -2.22. The van der Waals surface area contributed by atoms with Gasteiger partial charge in [-0.05, 0) is 20.0 Å². The summed E-state index contributed by atoms with van der Waals surface area (Å²) in [7, 11) is 1.93. The Hall–Kier alpha value is -1.81. The number of furan rings is 1. The fraction of sp³-hybridized carbons (Fsp3) is 0.357. The minimum Gasteiger partial charge on any atom is -0.481 e. The van der Waals surface area contributed by atoms with E-state index in [4.69, 9.17) is 9.52 Å². The zero-order chi connectivity index (χ0) is 13.1. The molecule has 96 valence electrons. The number of aliphatic carboxylic acids is 1. The van der Waals surface area contributed by atoms with E-state index in [2.05, 4.69) is 0 Å². The third-order valence-corrected chi connectivity index (χ3v) is 3.20. The number of benzene rings is 1. The lowest BCUT2D eigenvalue weighted by atomic mass is 10.1. The second-order valence-electron chi connectivity index (χ2n) is 4.62. The Morgan fingerprint density at radius 1 is 1.44 bits per heavy atom. The first-order valence-electron chi connectivity index (χ1n) is 5.95. The van der Waals surface area contributed by atoms with E-state index in [-0.39, 0.29) is 12.5 Å². The number of rotatable bonds is 5. The molecule has 1 aromatic heterocycles. The molecule has 0 fully saturated rings. The Kier molecular flexibility index (Phi) is 3.67. The molecule has 0 saturated carbocycles. The van der Waals surface area contributed by atoms with Crippen molar-refractivity contribution in [3.8, 4) is 0 Å². The minimum absolute atomic E-state index is 0.00355. The lowest BCUT2D eigenvalue weighted by molar-refractivity contribution is -0.138. The number of fused-ring (bicyclic) bond motifs is 1. The van der Waals surface area contributed by atoms with Gasteiger partial charge in [0.25, 0.3) is 0 Å². The van der Waals surface area contributed by atoms with Gasteiger partial charge in [-0.3, -0.25) is 9.69 Å². The summed E-state index contributed by atoms with van der Waals surface area (Å²) in [5, 5.41) is 9.88. The maximum absolute atomic E-state index is 10.7. The van der Waals surface area contributed by atoms with Crippen LogP contribution in [0.15, 0.2) is 34.9 Å². The van der Waals surface area contributed by atoms with E-state index in [0.29, 0.717) is 6.54 Å². The number of hydrogen-bond donors (Lipinski definition) is 1. The smallest absolute Gasteiger partial charge is 0.304 e. The average Bonchev–Trinajstić information content (AvgIpc) is 2.72. The zero-order valence-electron chi connectivity index (χ0n) is 10.6. The van der Waals surface area contributed by atoms with Gasteiger partial charge in [0.1, 0.15) is 5.58 Å². The van der Waals surface area contributed by atoms with E-state index < -0.39 is 5.97 Å². The minimum atomic E-state index is -0.772. The lowest BCUT2D eigenvalue weighted by Crippen LogP contribution is -2.30. The fourth-order valence-corrected chi connectivity index (χ4v) is 1.99. The molecular weight excluding hydrogens is 230 g/mol. The Labute approximate surface area is 106 Å². The molecule has 18 heavy (non-hydrogen) atoms. The highest BCUT2D eigenvalue weighted by Crippen LogP contribution is 2.22. The van der Waals surface area contributed by atoms with E-state index in [1.807, 2.05) is 43.1 Å². The molecule has 0 spiro atoms. The van der Waals surface area contributed by atoms with Gasteiger partial charge in [-0.2, -0.15) is 0 Å². The van der Waals surface area contributed by atoms with Crippen LogP contribution in [-0.4, -0.2) is 29.1 Å². The van der Waals surface area contributed by atoms with Crippen LogP contribution in [0.3, 0.4) is 0 Å². The van der Waals surface area contributed by atoms with Crippen LogP contribution in [-0.2, 0) is 11.3 Å². The predicted molar refractivity (Wildman–Crippen MR) is 69.4 cm³/mol. The molecule has 1 aromatic carbocycles. The summed E-state index contributed by atoms with van der Waals surface area (Å²) in [6.07, 6.45) is 1.89. The Morgan fingerprint density at radius 3 is 2.89 bits per heavy atom. The number of carboxylic acids is 1. The summed E-state index contributed by atoms with van der Waals surface area (Å²) in [6.45, 7) is 2.60. The van der Waals surface area contributed by atoms with Crippen molar-refractivity contribution in [2.45, 2.75) is 25.9 Å². The first-order valence-corrected chi connectivity index (χ1v) is 5.95. The largest absolute Gasteiger partial charge is 0.481 e. The van der Waals surface area contributed by atoms with E-state index in [1.165, 1.54) is 0 Å². The zero-order valence-corrected chi connectivity index (χ0v) is 10.6. The molecule has 1 N–H and O–H groups in total. The molecule has 4 nitrogen and oxygen atoms in total. The van der Waals surface area contributed by atoms with Gasteiger partial charge in [-0.25, -0.2) is 0 Å². The molecule has 0 bridgehead atoms. The fourth-order valence-electron chi connectivity index (χ4n) is 1.99. The topological polar surface area (TPSA) is 53.7 Å². The molecule has 1 heterocycles. The van der Waals surface area contributed by atoms with E-state index in [1.54, 1.807) is 6.26 Å². The number of nitrogens with zero attached hydrogens (tertiary/aromatic N) is 1. The van der Waals surface area contributed by atoms with Crippen LogP contribution >= 0.6 is 0 Å². The molecule has 0 saturated heterocycles. The average molecular weight is 247 g/mol. The van der Waals surface area contributed by atoms with Crippen LogP contribution in [0.5, 0.6) is 0 Å². The maximum atomic E-state index is 10.7. The maximum Gasteiger partial charge on any atom is 0.304 e. The van der Waals surface area contributed by atoms with Gasteiger partial charge in [0, 0.05) is 23.5 Å². The van der Waals surface area contributed by atoms with Gasteiger partial charge in [-0.1, -0.05) is 18.2 Å². The molecule has 4 heteroatoms. The summed E-state index contributed by atoms with van der Waals surface area (Å²) >= 11 is 0. The van der Waals surface area contributed by atoms with Crippen molar-refractivity contribution in [2.24, 2.45) is 0 Å². The van der Waals surface area contributed by atoms with E-state index >= 15 is 0 Å². The van der Waals surface area contributed by atoms with Gasteiger partial charge >= 0.3 is 5.97 Å².